The molecule has 1 unspecified atom stereocenters. The molecule has 2 aromatic carbocycles. The number of ether oxygens (including phenoxy) is 1. The highest BCUT2D eigenvalue weighted by Gasteiger charge is 2.22. The maximum atomic E-state index is 6.27. The standard InChI is InChI=1S/C21H28ClNO/c1-21(2,3)23(4)14-13-18(16-9-7-6-8-10-16)19-15-17(22)11-12-20(19)24-5/h6-12,15,18H,13-14H2,1-5H3. The van der Waals surface area contributed by atoms with Gasteiger partial charge in [-0.3, -0.25) is 0 Å². The molecule has 0 heterocycles. The van der Waals surface area contributed by atoms with E-state index in [1.807, 2.05) is 18.2 Å². The van der Waals surface area contributed by atoms with E-state index in [2.05, 4.69) is 63.1 Å². The highest BCUT2D eigenvalue weighted by atomic mass is 35.5. The Kier molecular flexibility index (Phi) is 6.31. The van der Waals surface area contributed by atoms with E-state index in [4.69, 9.17) is 16.3 Å². The van der Waals surface area contributed by atoms with Crippen LogP contribution in [0.15, 0.2) is 48.5 Å². The third-order valence-corrected chi connectivity index (χ3v) is 4.90. The van der Waals surface area contributed by atoms with Crippen molar-refractivity contribution in [3.8, 4) is 5.75 Å². The monoisotopic (exact) mass is 345 g/mol. The molecule has 130 valence electrons. The topological polar surface area (TPSA) is 12.5 Å². The minimum Gasteiger partial charge on any atom is -0.496 e. The number of hydrogen-bond acceptors (Lipinski definition) is 2. The van der Waals surface area contributed by atoms with Crippen LogP contribution in [0.1, 0.15) is 44.2 Å². The van der Waals surface area contributed by atoms with E-state index in [0.29, 0.717) is 0 Å². The van der Waals surface area contributed by atoms with Crippen LogP contribution in [0.2, 0.25) is 5.02 Å². The molecule has 0 aliphatic heterocycles. The van der Waals surface area contributed by atoms with Gasteiger partial charge in [-0.1, -0.05) is 41.9 Å². The molecule has 3 heteroatoms. The van der Waals surface area contributed by atoms with Gasteiger partial charge in [0.2, 0.25) is 0 Å². The Morgan fingerprint density at radius 3 is 2.33 bits per heavy atom. The van der Waals surface area contributed by atoms with Gasteiger partial charge in [-0.25, -0.2) is 0 Å². The number of rotatable bonds is 6. The normalized spacial score (nSPS) is 13.1. The fourth-order valence-corrected chi connectivity index (χ4v) is 3.00. The molecular weight excluding hydrogens is 318 g/mol. The molecule has 0 spiro atoms. The third kappa shape index (κ3) is 4.75. The Hall–Kier alpha value is -1.51. The van der Waals surface area contributed by atoms with Gasteiger partial charge < -0.3 is 9.64 Å². The zero-order chi connectivity index (χ0) is 17.7. The van der Waals surface area contributed by atoms with Crippen molar-refractivity contribution in [2.45, 2.75) is 38.6 Å². The minimum absolute atomic E-state index is 0.152. The van der Waals surface area contributed by atoms with Crippen LogP contribution in [-0.2, 0) is 0 Å². The van der Waals surface area contributed by atoms with Gasteiger partial charge in [-0.2, -0.15) is 0 Å². The molecule has 0 radical (unpaired) electrons. The summed E-state index contributed by atoms with van der Waals surface area (Å²) in [7, 11) is 3.90. The number of methoxy groups -OCH3 is 1. The molecule has 0 amide bonds. The van der Waals surface area contributed by atoms with Crippen molar-refractivity contribution in [2.75, 3.05) is 20.7 Å². The summed E-state index contributed by atoms with van der Waals surface area (Å²) in [4.78, 5) is 2.39. The van der Waals surface area contributed by atoms with Crippen LogP contribution < -0.4 is 4.74 Å². The quantitative estimate of drug-likeness (QED) is 0.675. The highest BCUT2D eigenvalue weighted by Crippen LogP contribution is 2.36. The van der Waals surface area contributed by atoms with Crippen LogP contribution in [0.5, 0.6) is 5.75 Å². The van der Waals surface area contributed by atoms with E-state index in [9.17, 15) is 0 Å². The molecule has 2 aromatic rings. The van der Waals surface area contributed by atoms with Crippen LogP contribution in [0.25, 0.3) is 0 Å². The first-order chi connectivity index (χ1) is 11.3. The van der Waals surface area contributed by atoms with Crippen LogP contribution in [0, 0.1) is 0 Å². The SMILES string of the molecule is COc1ccc(Cl)cc1C(CCN(C)C(C)(C)C)c1ccccc1. The Bertz CT molecular complexity index is 649. The van der Waals surface area contributed by atoms with Crippen molar-refractivity contribution < 1.29 is 4.74 Å². The predicted molar refractivity (Wildman–Crippen MR) is 103 cm³/mol. The van der Waals surface area contributed by atoms with Crippen molar-refractivity contribution >= 4 is 11.6 Å². The van der Waals surface area contributed by atoms with Gasteiger partial charge in [0, 0.05) is 22.0 Å². The van der Waals surface area contributed by atoms with Crippen molar-refractivity contribution in [3.05, 3.63) is 64.7 Å². The molecule has 24 heavy (non-hydrogen) atoms. The zero-order valence-electron chi connectivity index (χ0n) is 15.3. The summed E-state index contributed by atoms with van der Waals surface area (Å²) in [6.45, 7) is 7.72. The number of halogens is 1. The molecule has 0 saturated heterocycles. The number of hydrogen-bond donors (Lipinski definition) is 0. The summed E-state index contributed by atoms with van der Waals surface area (Å²) in [5, 5.41) is 0.746. The Balaban J connectivity index is 2.36. The Morgan fingerprint density at radius 2 is 1.75 bits per heavy atom. The van der Waals surface area contributed by atoms with Gasteiger partial charge in [0.25, 0.3) is 0 Å². The maximum absolute atomic E-state index is 6.27. The lowest BCUT2D eigenvalue weighted by molar-refractivity contribution is 0.171. The van der Waals surface area contributed by atoms with Crippen LogP contribution in [0.4, 0.5) is 0 Å². The average molecular weight is 346 g/mol. The zero-order valence-corrected chi connectivity index (χ0v) is 16.1. The second-order valence-corrected chi connectivity index (χ2v) is 7.67. The minimum atomic E-state index is 0.152. The molecule has 0 aliphatic carbocycles. The van der Waals surface area contributed by atoms with Crippen LogP contribution >= 0.6 is 11.6 Å². The van der Waals surface area contributed by atoms with Gasteiger partial charge >= 0.3 is 0 Å². The van der Waals surface area contributed by atoms with E-state index in [-0.39, 0.29) is 11.5 Å². The largest absolute Gasteiger partial charge is 0.496 e. The summed E-state index contributed by atoms with van der Waals surface area (Å²) in [6.07, 6.45) is 1.01. The van der Waals surface area contributed by atoms with Crippen LogP contribution in [0.3, 0.4) is 0 Å². The van der Waals surface area contributed by atoms with Crippen molar-refractivity contribution in [1.82, 2.24) is 4.90 Å². The first kappa shape index (κ1) is 18.8. The molecule has 0 N–H and O–H groups in total. The second-order valence-electron chi connectivity index (χ2n) is 7.23. The Morgan fingerprint density at radius 1 is 1.08 bits per heavy atom. The molecule has 2 nitrogen and oxygen atoms in total. The van der Waals surface area contributed by atoms with E-state index < -0.39 is 0 Å². The van der Waals surface area contributed by atoms with E-state index in [1.54, 1.807) is 7.11 Å². The van der Waals surface area contributed by atoms with Gasteiger partial charge in [0.15, 0.2) is 0 Å². The molecule has 0 saturated carbocycles. The molecule has 0 bridgehead atoms. The van der Waals surface area contributed by atoms with Gasteiger partial charge in [0.1, 0.15) is 5.75 Å². The summed E-state index contributed by atoms with van der Waals surface area (Å²) in [6, 6.07) is 16.5. The fourth-order valence-electron chi connectivity index (χ4n) is 2.82. The summed E-state index contributed by atoms with van der Waals surface area (Å²) >= 11 is 6.27. The smallest absolute Gasteiger partial charge is 0.122 e. The first-order valence-electron chi connectivity index (χ1n) is 8.42. The molecule has 0 fully saturated rings. The lowest BCUT2D eigenvalue weighted by Crippen LogP contribution is -2.39. The maximum Gasteiger partial charge on any atom is 0.122 e. The fraction of sp³-hybridized carbons (Fsp3) is 0.429. The van der Waals surface area contributed by atoms with E-state index in [1.165, 1.54) is 5.56 Å². The van der Waals surface area contributed by atoms with Crippen molar-refractivity contribution in [1.29, 1.82) is 0 Å². The lowest BCUT2D eigenvalue weighted by atomic mass is 9.87. The van der Waals surface area contributed by atoms with E-state index in [0.717, 1.165) is 29.3 Å². The first-order valence-corrected chi connectivity index (χ1v) is 8.80. The highest BCUT2D eigenvalue weighted by molar-refractivity contribution is 6.30. The molecule has 0 aromatic heterocycles. The molecule has 2 rings (SSSR count). The Labute approximate surface area is 151 Å². The number of benzene rings is 2. The molecule has 1 atom stereocenters. The summed E-state index contributed by atoms with van der Waals surface area (Å²) < 4.78 is 5.60. The molecule has 0 aliphatic rings. The van der Waals surface area contributed by atoms with Crippen molar-refractivity contribution in [2.24, 2.45) is 0 Å². The lowest BCUT2D eigenvalue weighted by Gasteiger charge is -2.33. The summed E-state index contributed by atoms with van der Waals surface area (Å²) in [5.74, 6) is 1.15. The average Bonchev–Trinajstić information content (AvgIpc) is 2.55. The van der Waals surface area contributed by atoms with Crippen molar-refractivity contribution in [3.63, 3.8) is 0 Å². The van der Waals surface area contributed by atoms with E-state index >= 15 is 0 Å². The van der Waals surface area contributed by atoms with Gasteiger partial charge in [-0.15, -0.1) is 0 Å². The summed E-state index contributed by atoms with van der Waals surface area (Å²) in [5.41, 5.74) is 2.60. The predicted octanol–water partition coefficient (Wildman–Crippen LogP) is 5.60. The molecular formula is C21H28ClNO. The number of nitrogens with zero attached hydrogens (tertiary/aromatic N) is 1. The van der Waals surface area contributed by atoms with Crippen LogP contribution in [-0.4, -0.2) is 31.1 Å². The second kappa shape index (κ2) is 8.04. The van der Waals surface area contributed by atoms with Gasteiger partial charge in [-0.05, 0) is 64.5 Å². The third-order valence-electron chi connectivity index (χ3n) is 4.67. The van der Waals surface area contributed by atoms with Gasteiger partial charge in [0.05, 0.1) is 7.11 Å².